The second-order valence-electron chi connectivity index (χ2n) is 25.4. The molecule has 0 radical (unpaired) electrons. The summed E-state index contributed by atoms with van der Waals surface area (Å²) in [6, 6.07) is 6.40. The smallest absolute Gasteiger partial charge is 0.351 e. The molecule has 4 heterocycles. The summed E-state index contributed by atoms with van der Waals surface area (Å²) in [4.78, 5) is 146. The SMILES string of the molecule is CC[N+]1=C(/C=C/C=C/C=C2/N(CCCCCC(=O)NC(CSSCCC(=O)NCC#Cc3cn([C@H]4CC(O)[C@@H](COPOP(O)OP(O)O)O4)c(=O)nc3N)C(=O)NCCCCCC(=O)NC(CC(=O)O)C(=O)NC(CC(=O)O)C(=O)O)c3ccc(S(=O)(=O)O)cc3C2(C)C)C(C)(C)c2cc(C)ccc21. The summed E-state index contributed by atoms with van der Waals surface area (Å²) in [5.41, 5.74) is 11.5. The number of fused-ring (bicyclic) bond motifs is 2. The number of carbonyl (C=O) groups is 8. The number of anilines is 2. The Balaban J connectivity index is 1.03. The summed E-state index contributed by atoms with van der Waals surface area (Å²) in [5, 5.41) is 50.8. The van der Waals surface area contributed by atoms with Gasteiger partial charge in [-0.25, -0.2) is 13.9 Å². The third kappa shape index (κ3) is 26.3. The molecule has 1 saturated heterocycles. The van der Waals surface area contributed by atoms with Crippen LogP contribution in [0, 0.1) is 18.8 Å². The van der Waals surface area contributed by atoms with Crippen molar-refractivity contribution in [2.45, 2.75) is 171 Å². The van der Waals surface area contributed by atoms with Crippen molar-refractivity contribution in [3.63, 3.8) is 0 Å². The van der Waals surface area contributed by atoms with Gasteiger partial charge in [0.2, 0.25) is 35.2 Å². The number of nitrogens with zero attached hydrogens (tertiary/aromatic N) is 4. The standard InChI is InChI=1S/C66H89N10O23P3S3/c1-7-74-48-25-23-40(2)32-43(48)65(3,4)52(74)19-11-8-12-20-53-66(5,6)44-33-42(105(93,94)95)24-26-49(44)75(53)30-16-10-14-22-56(80)71-47(61(85)69-28-15-9-13-21-55(79)70-45(34-58(81)82)62(86)72-46(63(87)88)35-59(83)84)39-104-103-31-27-54(78)68-29-17-18-41-37-76(64(89)73-60(41)67)57-36-50(77)51(97-57)38-96-100-98-102(92)99-101(90)91/h8,11-12,19-20,23-26,32-33,37,45-47,50-51,57,77,90-92,100H,7,9-10,13-16,21-22,27-31,34-36,38-39H2,1-6H3,(H10-,67,68,69,70,71,72,73,78,79,80,81,82,83,84,85,86,87,88,89,93,94,95)/p+1/t45?,46?,47?,50?,51-,57-,102?/m1/s1. The minimum Gasteiger partial charge on any atom is -0.481 e. The molecule has 3 aliphatic rings. The number of ether oxygens (including phenoxy) is 1. The first-order chi connectivity index (χ1) is 49.6. The number of hydrogen-bond acceptors (Lipinski definition) is 24. The Morgan fingerprint density at radius 2 is 1.52 bits per heavy atom. The third-order valence-corrected chi connectivity index (χ3v) is 22.6. The lowest BCUT2D eigenvalue weighted by atomic mass is 9.81. The van der Waals surface area contributed by atoms with Gasteiger partial charge in [0.15, 0.2) is 14.7 Å². The van der Waals surface area contributed by atoms with Crippen LogP contribution < -0.4 is 42.9 Å². The van der Waals surface area contributed by atoms with Crippen LogP contribution >= 0.6 is 47.8 Å². The summed E-state index contributed by atoms with van der Waals surface area (Å²) in [6.07, 6.45) is 8.66. The van der Waals surface area contributed by atoms with Gasteiger partial charge in [0.1, 0.15) is 42.8 Å². The van der Waals surface area contributed by atoms with Gasteiger partial charge in [-0.1, -0.05) is 90.0 Å². The lowest BCUT2D eigenvalue weighted by Gasteiger charge is -2.27. The van der Waals surface area contributed by atoms with Gasteiger partial charge in [-0.2, -0.15) is 18.0 Å². The van der Waals surface area contributed by atoms with Crippen LogP contribution in [0.3, 0.4) is 0 Å². The molecule has 15 N–H and O–H groups in total. The lowest BCUT2D eigenvalue weighted by molar-refractivity contribution is -0.433. The molecule has 1 aromatic heterocycles. The zero-order valence-electron chi connectivity index (χ0n) is 58.5. The number of carboxylic acids is 3. The minimum atomic E-state index is -4.52. The van der Waals surface area contributed by atoms with Crippen LogP contribution in [-0.2, 0) is 77.2 Å². The monoisotopic (exact) mass is 1580 g/mol. The predicted molar refractivity (Wildman–Crippen MR) is 394 cm³/mol. The topological polar surface area (TPSA) is 497 Å². The molecule has 39 heteroatoms. The van der Waals surface area contributed by atoms with Crippen molar-refractivity contribution in [3.8, 4) is 11.8 Å². The van der Waals surface area contributed by atoms with Crippen LogP contribution in [0.4, 0.5) is 17.2 Å². The summed E-state index contributed by atoms with van der Waals surface area (Å²) >= 11 is 0. The normalized spacial score (nSPS) is 18.2. The number of hydrogen-bond donors (Lipinski definition) is 14. The molecule has 0 saturated carbocycles. The number of aliphatic carboxylic acids is 3. The maximum atomic E-state index is 13.8. The number of nitrogens with one attached hydrogen (secondary N) is 5. The van der Waals surface area contributed by atoms with E-state index in [0.29, 0.717) is 44.2 Å². The Kier molecular flexibility index (Phi) is 34.0. The summed E-state index contributed by atoms with van der Waals surface area (Å²) in [5.74, 6) is -2.34. The molecule has 2 aromatic carbocycles. The highest BCUT2D eigenvalue weighted by Crippen LogP contribution is 2.51. The molecular formula is C66H90N10O23P3S3+. The fourth-order valence-electron chi connectivity index (χ4n) is 11.7. The number of nitrogens with two attached hydrogens (primary N) is 1. The van der Waals surface area contributed by atoms with E-state index < -0.39 is 138 Å². The van der Waals surface area contributed by atoms with Crippen molar-refractivity contribution in [1.29, 1.82) is 0 Å². The van der Waals surface area contributed by atoms with E-state index in [1.54, 1.807) is 6.07 Å². The molecule has 6 unspecified atom stereocenters. The largest absolute Gasteiger partial charge is 0.481 e. The Hall–Kier alpha value is -7.29. The Labute approximate surface area is 619 Å². The molecule has 3 aliphatic heterocycles. The van der Waals surface area contributed by atoms with Crippen molar-refractivity contribution >= 4 is 128 Å². The van der Waals surface area contributed by atoms with Crippen LogP contribution in [0.25, 0.3) is 0 Å². The van der Waals surface area contributed by atoms with Crippen LogP contribution in [0.15, 0.2) is 88.4 Å². The first-order valence-corrected chi connectivity index (χ1v) is 40.3. The summed E-state index contributed by atoms with van der Waals surface area (Å²) in [6.45, 7) is 13.6. The zero-order chi connectivity index (χ0) is 77.3. The number of nitrogen functional groups attached to an aromatic ring is 1. The molecule has 0 spiro atoms. The van der Waals surface area contributed by atoms with Crippen LogP contribution in [-0.4, -0.2) is 190 Å². The van der Waals surface area contributed by atoms with Gasteiger partial charge in [-0.15, -0.1) is 0 Å². The van der Waals surface area contributed by atoms with E-state index in [-0.39, 0.29) is 90.9 Å². The Morgan fingerprint density at radius 3 is 2.19 bits per heavy atom. The van der Waals surface area contributed by atoms with Gasteiger partial charge in [0.05, 0.1) is 48.0 Å². The number of carboxylic acid groups (broad SMARTS) is 3. The molecular weight excluding hydrogens is 1490 g/mol. The van der Waals surface area contributed by atoms with Crippen LogP contribution in [0.5, 0.6) is 0 Å². The molecule has 105 heavy (non-hydrogen) atoms. The molecule has 0 aliphatic carbocycles. The van der Waals surface area contributed by atoms with Crippen molar-refractivity contribution in [2.24, 2.45) is 0 Å². The number of carbonyl (C=O) groups excluding carboxylic acids is 5. The molecule has 574 valence electrons. The van der Waals surface area contributed by atoms with Crippen LogP contribution in [0.1, 0.15) is 140 Å². The van der Waals surface area contributed by atoms with Gasteiger partial charge in [-0.05, 0) is 89.3 Å². The number of aromatic nitrogens is 2. The van der Waals surface area contributed by atoms with Crippen molar-refractivity contribution in [1.82, 2.24) is 36.1 Å². The fourth-order valence-corrected chi connectivity index (χ4v) is 16.0. The number of rotatable bonds is 42. The average Bonchev–Trinajstić information content (AvgIpc) is 1.60. The molecule has 1 fully saturated rings. The average molecular weight is 1580 g/mol. The van der Waals surface area contributed by atoms with Gasteiger partial charge < -0.3 is 81.6 Å². The maximum absolute atomic E-state index is 13.8. The van der Waals surface area contributed by atoms with Gasteiger partial charge >= 0.3 is 40.8 Å². The fraction of sp³-hybridized carbons (Fsp3) is 0.500. The van der Waals surface area contributed by atoms with Gasteiger partial charge in [-0.3, -0.25) is 47.0 Å². The number of unbranched alkanes of at least 4 members (excludes halogenated alkanes) is 4. The lowest BCUT2D eigenvalue weighted by Crippen LogP contribution is -2.52. The molecule has 33 nitrogen and oxygen atoms in total. The number of benzene rings is 2. The Bertz CT molecular complexity index is 4020. The van der Waals surface area contributed by atoms with Gasteiger partial charge in [0.25, 0.3) is 10.1 Å². The molecule has 8 atom stereocenters. The van der Waals surface area contributed by atoms with E-state index in [1.165, 1.54) is 56.7 Å². The highest BCUT2D eigenvalue weighted by Gasteiger charge is 2.44. The van der Waals surface area contributed by atoms with E-state index in [0.717, 1.165) is 28.2 Å². The van der Waals surface area contributed by atoms with Crippen LogP contribution in [0.2, 0.25) is 0 Å². The van der Waals surface area contributed by atoms with E-state index in [9.17, 15) is 76.3 Å². The van der Waals surface area contributed by atoms with E-state index in [1.807, 2.05) is 43.5 Å². The predicted octanol–water partition coefficient (Wildman–Crippen LogP) is 4.87. The minimum absolute atomic E-state index is 0.0186. The van der Waals surface area contributed by atoms with Crippen molar-refractivity contribution in [3.05, 3.63) is 111 Å². The van der Waals surface area contributed by atoms with Crippen molar-refractivity contribution < 1.29 is 109 Å². The second kappa shape index (κ2) is 41.2. The second-order valence-corrected chi connectivity index (χ2v) is 32.3. The number of aryl methyl sites for hydroxylation is 1. The molecule has 3 aromatic rings. The summed E-state index contributed by atoms with van der Waals surface area (Å²) in [7, 11) is -8.33. The highest BCUT2D eigenvalue weighted by atomic mass is 33.1. The number of amides is 5. The third-order valence-electron chi connectivity index (χ3n) is 17.0. The van der Waals surface area contributed by atoms with Crippen molar-refractivity contribution in [2.75, 3.05) is 54.9 Å². The number of allylic oxidation sites excluding steroid dienone is 6. The first-order valence-electron chi connectivity index (χ1n) is 33.3. The number of aliphatic hydroxyl groups excluding tert-OH is 1. The van der Waals surface area contributed by atoms with E-state index in [2.05, 4.69) is 104 Å². The molecule has 6 rings (SSSR count). The molecule has 0 bridgehead atoms. The zero-order valence-corrected chi connectivity index (χ0v) is 63.8. The molecule has 5 amide bonds. The van der Waals surface area contributed by atoms with E-state index >= 15 is 0 Å². The summed E-state index contributed by atoms with van der Waals surface area (Å²) < 4.78 is 58.3. The first kappa shape index (κ1) is 86.6. The Morgan fingerprint density at radius 1 is 0.838 bits per heavy atom. The highest BCUT2D eigenvalue weighted by molar-refractivity contribution is 8.76. The number of aliphatic hydroxyl groups is 1. The van der Waals surface area contributed by atoms with E-state index in [4.69, 9.17) is 34.2 Å². The van der Waals surface area contributed by atoms with Gasteiger partial charge in [0, 0.05) is 91.0 Å². The quantitative estimate of drug-likeness (QED) is 0.00684. The maximum Gasteiger partial charge on any atom is 0.351 e.